The normalized spacial score (nSPS) is 10.6. The van der Waals surface area contributed by atoms with Crippen molar-refractivity contribution in [1.82, 2.24) is 0 Å². The Labute approximate surface area is 211 Å². The van der Waals surface area contributed by atoms with Crippen molar-refractivity contribution >= 4 is 63.9 Å². The van der Waals surface area contributed by atoms with Crippen LogP contribution >= 0.6 is 0 Å². The van der Waals surface area contributed by atoms with Gasteiger partial charge >= 0.3 is 11.9 Å². The number of hydrogen-bond donors (Lipinski definition) is 2. The predicted octanol–water partition coefficient (Wildman–Crippen LogP) is 1.03. The third kappa shape index (κ3) is 9.55. The third-order valence-corrected chi connectivity index (χ3v) is 6.87. The van der Waals surface area contributed by atoms with E-state index in [4.69, 9.17) is 0 Å². The fourth-order valence-electron chi connectivity index (χ4n) is 2.64. The van der Waals surface area contributed by atoms with Crippen LogP contribution in [-0.2, 0) is 47.7 Å². The summed E-state index contributed by atoms with van der Waals surface area (Å²) in [4.78, 5) is 46.1. The van der Waals surface area contributed by atoms with E-state index in [0.717, 1.165) is 14.2 Å². The lowest BCUT2D eigenvalue weighted by atomic mass is 10.3. The fourth-order valence-corrected chi connectivity index (χ4v) is 4.60. The highest BCUT2D eigenvalue weighted by atomic mass is 32.2. The molecule has 2 amide bonds. The number of carbonyl (C=O) groups is 4. The largest absolute Gasteiger partial charge is 0.465 e. The first-order valence-corrected chi connectivity index (χ1v) is 15.0. The maximum Gasteiger partial charge on any atom is 0.351 e. The average molecular weight is 539 g/mol. The first-order valence-electron chi connectivity index (χ1n) is 10.2. The molecule has 0 saturated heterocycles. The van der Waals surface area contributed by atoms with Gasteiger partial charge in [0.1, 0.15) is 0 Å². The van der Waals surface area contributed by atoms with E-state index in [2.05, 4.69) is 20.1 Å². The molecule has 196 valence electrons. The summed E-state index contributed by atoms with van der Waals surface area (Å²) in [5, 5.41) is 5.02. The summed E-state index contributed by atoms with van der Waals surface area (Å²) in [6.07, 6.45) is 5.29. The molecule has 0 heterocycles. The Balaban J connectivity index is 0.000000360. The van der Waals surface area contributed by atoms with Crippen LogP contribution in [0.5, 0.6) is 0 Å². The van der Waals surface area contributed by atoms with Crippen LogP contribution in [0, 0.1) is 0 Å². The summed E-state index contributed by atoms with van der Waals surface area (Å²) in [7, 11) is -3.15. The van der Waals surface area contributed by atoms with Gasteiger partial charge in [0.2, 0.25) is 0 Å². The van der Waals surface area contributed by atoms with Crippen molar-refractivity contribution in [2.75, 3.05) is 49.9 Å². The molecule has 0 saturated carbocycles. The zero-order valence-corrected chi connectivity index (χ0v) is 22.5. The van der Waals surface area contributed by atoms with Gasteiger partial charge in [0.15, 0.2) is 9.73 Å². The van der Waals surface area contributed by atoms with Crippen LogP contribution in [0.2, 0.25) is 0 Å². The Kier molecular flexibility index (Phi) is 11.4. The lowest BCUT2D eigenvalue weighted by Gasteiger charge is -2.09. The number of nitrogens with one attached hydrogen (secondary N) is 2. The Morgan fingerprint density at radius 2 is 0.861 bits per heavy atom. The minimum absolute atomic E-state index is 0.367. The Hall–Kier alpha value is -3.64. The standard InChI is InChI=1S/2C12H15NO4S/c2*1-17-12(15)10(18(2,3)16)11(14)13-9-7-5-4-6-8-9/h2*4-8H,1-3H3,(H,13,14). The van der Waals surface area contributed by atoms with E-state index in [1.807, 2.05) is 0 Å². The molecule has 12 heteroatoms. The number of anilines is 2. The second kappa shape index (κ2) is 13.4. The van der Waals surface area contributed by atoms with Crippen LogP contribution in [0.1, 0.15) is 0 Å². The van der Waals surface area contributed by atoms with Crippen molar-refractivity contribution in [3.8, 4) is 0 Å². The number of hydrogen-bond acceptors (Lipinski definition) is 8. The number of esters is 2. The molecule has 0 aromatic heterocycles. The van der Waals surface area contributed by atoms with Gasteiger partial charge in [-0.25, -0.2) is 9.59 Å². The van der Waals surface area contributed by atoms with Crippen molar-refractivity contribution in [2.45, 2.75) is 0 Å². The van der Waals surface area contributed by atoms with Crippen LogP contribution in [0.3, 0.4) is 0 Å². The maximum absolute atomic E-state index is 11.9. The molecule has 0 aliphatic carbocycles. The molecule has 0 spiro atoms. The van der Waals surface area contributed by atoms with Crippen LogP contribution in [-0.4, -0.2) is 81.1 Å². The smallest absolute Gasteiger partial charge is 0.351 e. The Morgan fingerprint density at radius 1 is 0.583 bits per heavy atom. The van der Waals surface area contributed by atoms with Gasteiger partial charge in [-0.15, -0.1) is 0 Å². The van der Waals surface area contributed by atoms with Crippen molar-refractivity contribution in [2.24, 2.45) is 0 Å². The molecule has 2 rings (SSSR count). The summed E-state index contributed by atoms with van der Waals surface area (Å²) in [6.45, 7) is 0. The SMILES string of the molecule is COC(=O)C(C(=O)Nc1ccccc1)=S(C)(C)=O.COC(=O)C(C(=O)Nc1ccccc1)=S(C)(C)=O. The van der Waals surface area contributed by atoms with E-state index < -0.39 is 42.8 Å². The number of ether oxygens (including phenoxy) is 2. The molecular weight excluding hydrogens is 508 g/mol. The number of carbonyl (C=O) groups excluding carboxylic acids is 4. The monoisotopic (exact) mass is 538 g/mol. The first kappa shape index (κ1) is 30.4. The van der Waals surface area contributed by atoms with Gasteiger partial charge in [-0.05, 0) is 43.3 Å². The van der Waals surface area contributed by atoms with Crippen molar-refractivity contribution in [3.63, 3.8) is 0 Å². The fraction of sp³-hybridized carbons (Fsp3) is 0.250. The summed E-state index contributed by atoms with van der Waals surface area (Å²) in [5.41, 5.74) is 1.04. The molecule has 36 heavy (non-hydrogen) atoms. The predicted molar refractivity (Wildman–Crippen MR) is 144 cm³/mol. The van der Waals surface area contributed by atoms with E-state index in [-0.39, 0.29) is 9.73 Å². The second-order valence-electron chi connectivity index (χ2n) is 7.75. The zero-order chi connectivity index (χ0) is 27.5. The van der Waals surface area contributed by atoms with E-state index in [0.29, 0.717) is 11.4 Å². The minimum Gasteiger partial charge on any atom is -0.465 e. The Morgan fingerprint density at radius 3 is 1.08 bits per heavy atom. The minimum atomic E-state index is -2.72. The van der Waals surface area contributed by atoms with Crippen LogP contribution in [0.25, 0.3) is 0 Å². The summed E-state index contributed by atoms with van der Waals surface area (Å²) < 4.78 is 32.8. The quantitative estimate of drug-likeness (QED) is 0.315. The summed E-state index contributed by atoms with van der Waals surface area (Å²) in [5.74, 6) is -3.16. The molecule has 2 aromatic carbocycles. The van der Waals surface area contributed by atoms with Gasteiger partial charge in [-0.2, -0.15) is 0 Å². The third-order valence-electron chi connectivity index (χ3n) is 4.20. The van der Waals surface area contributed by atoms with E-state index in [9.17, 15) is 27.6 Å². The molecule has 2 N–H and O–H groups in total. The van der Waals surface area contributed by atoms with Crippen LogP contribution in [0.15, 0.2) is 60.7 Å². The molecule has 0 fully saturated rings. The lowest BCUT2D eigenvalue weighted by Crippen LogP contribution is -2.36. The topological polar surface area (TPSA) is 145 Å². The number of para-hydroxylation sites is 2. The van der Waals surface area contributed by atoms with E-state index in [1.54, 1.807) is 60.7 Å². The molecule has 0 unspecified atom stereocenters. The van der Waals surface area contributed by atoms with E-state index >= 15 is 0 Å². The van der Waals surface area contributed by atoms with E-state index in [1.165, 1.54) is 25.0 Å². The van der Waals surface area contributed by atoms with Gasteiger partial charge < -0.3 is 20.1 Å². The summed E-state index contributed by atoms with van der Waals surface area (Å²) >= 11 is 0. The molecule has 0 aliphatic heterocycles. The highest BCUT2D eigenvalue weighted by Gasteiger charge is 2.25. The van der Waals surface area contributed by atoms with Gasteiger partial charge in [-0.3, -0.25) is 18.0 Å². The molecule has 0 aliphatic rings. The van der Waals surface area contributed by atoms with Crippen LogP contribution < -0.4 is 10.6 Å². The number of amides is 2. The molecule has 2 aromatic rings. The van der Waals surface area contributed by atoms with Crippen molar-refractivity contribution in [1.29, 1.82) is 0 Å². The van der Waals surface area contributed by atoms with Crippen LogP contribution in [0.4, 0.5) is 11.4 Å². The van der Waals surface area contributed by atoms with Gasteiger partial charge in [0.25, 0.3) is 11.8 Å². The molecule has 0 bridgehead atoms. The van der Waals surface area contributed by atoms with Gasteiger partial charge in [0, 0.05) is 36.4 Å². The van der Waals surface area contributed by atoms with Crippen molar-refractivity contribution in [3.05, 3.63) is 60.7 Å². The number of methoxy groups -OCH3 is 2. The number of rotatable bonds is 6. The molecule has 10 nitrogen and oxygen atoms in total. The van der Waals surface area contributed by atoms with Gasteiger partial charge in [0.05, 0.1) is 14.2 Å². The second-order valence-corrected chi connectivity index (χ2v) is 13.5. The highest BCUT2D eigenvalue weighted by Crippen LogP contribution is 2.07. The molecular formula is C24H30N2O8S2. The highest BCUT2D eigenvalue weighted by molar-refractivity contribution is 8.03. The Bertz CT molecular complexity index is 1230. The first-order chi connectivity index (χ1) is 16.7. The molecule has 0 atom stereocenters. The lowest BCUT2D eigenvalue weighted by molar-refractivity contribution is -0.134. The average Bonchev–Trinajstić information content (AvgIpc) is 2.78. The molecule has 0 radical (unpaired) electrons. The maximum atomic E-state index is 11.9. The van der Waals surface area contributed by atoms with Crippen molar-refractivity contribution < 1.29 is 37.1 Å². The number of benzene rings is 2. The summed E-state index contributed by atoms with van der Waals surface area (Å²) in [6, 6.07) is 17.2. The zero-order valence-electron chi connectivity index (χ0n) is 20.9. The van der Waals surface area contributed by atoms with Gasteiger partial charge in [-0.1, -0.05) is 36.4 Å².